The van der Waals surface area contributed by atoms with Crippen molar-refractivity contribution >= 4 is 11.9 Å². The highest BCUT2D eigenvalue weighted by atomic mass is 19.4. The van der Waals surface area contributed by atoms with Crippen LogP contribution < -0.4 is 15.6 Å². The molecule has 0 radical (unpaired) electrons. The van der Waals surface area contributed by atoms with Gasteiger partial charge in [-0.1, -0.05) is 0 Å². The molecule has 0 spiro atoms. The lowest BCUT2D eigenvalue weighted by molar-refractivity contribution is -0.139. The second-order valence-corrected chi connectivity index (χ2v) is 13.3. The van der Waals surface area contributed by atoms with Gasteiger partial charge in [-0.25, -0.2) is 13.2 Å². The lowest BCUT2D eigenvalue weighted by Crippen LogP contribution is -2.49. The fourth-order valence-electron chi connectivity index (χ4n) is 6.79. The first-order valence-corrected chi connectivity index (χ1v) is 16.4. The number of halogens is 9. The third kappa shape index (κ3) is 7.67. The Labute approximate surface area is 300 Å². The summed E-state index contributed by atoms with van der Waals surface area (Å²) in [5, 5.41) is 12.1. The smallest absolute Gasteiger partial charge is 0.416 e. The average Bonchev–Trinajstić information content (AvgIpc) is 3.04. The Hall–Kier alpha value is -5.32. The molecule has 1 amide bonds. The molecule has 1 fully saturated rings. The molecule has 54 heavy (non-hydrogen) atoms. The van der Waals surface area contributed by atoms with Gasteiger partial charge < -0.3 is 15.2 Å². The van der Waals surface area contributed by atoms with Crippen molar-refractivity contribution < 1.29 is 58.9 Å². The zero-order chi connectivity index (χ0) is 39.4. The number of likely N-dealkylation sites (tertiary alicyclic amines) is 1. The second-order valence-electron chi connectivity index (χ2n) is 13.3. The van der Waals surface area contributed by atoms with Crippen molar-refractivity contribution in [2.75, 3.05) is 19.6 Å². The Bertz CT molecular complexity index is 2210. The zero-order valence-corrected chi connectivity index (χ0v) is 28.3. The number of aryl methyl sites for hydroxylation is 2. The molecule has 1 aromatic heterocycles. The number of carboxylic acid groups (broad SMARTS) is 1. The molecule has 1 saturated heterocycles. The number of hydrogen-bond donors (Lipinski definition) is 2. The van der Waals surface area contributed by atoms with Gasteiger partial charge in [0.25, 0.3) is 5.56 Å². The highest BCUT2D eigenvalue weighted by molar-refractivity contribution is 5.85. The third-order valence-electron chi connectivity index (χ3n) is 9.36. The summed E-state index contributed by atoms with van der Waals surface area (Å²) in [5.41, 5.74) is -5.66. The monoisotopic (exact) mass is 767 g/mol. The Morgan fingerprint density at radius 2 is 1.63 bits per heavy atom. The quantitative estimate of drug-likeness (QED) is 0.196. The Kier molecular flexibility index (Phi) is 10.1. The summed E-state index contributed by atoms with van der Waals surface area (Å²) in [7, 11) is 0. The van der Waals surface area contributed by atoms with Crippen LogP contribution >= 0.6 is 0 Å². The van der Waals surface area contributed by atoms with Crippen LogP contribution in [0, 0.1) is 25.5 Å². The highest BCUT2D eigenvalue weighted by Crippen LogP contribution is 2.44. The lowest BCUT2D eigenvalue weighted by Gasteiger charge is -2.34. The van der Waals surface area contributed by atoms with E-state index in [9.17, 15) is 50.2 Å². The molecule has 3 aromatic carbocycles. The molecule has 17 heteroatoms. The molecular weight excluding hydrogens is 737 g/mol. The topological polar surface area (TPSA) is 101 Å². The van der Waals surface area contributed by atoms with Crippen molar-refractivity contribution in [2.24, 2.45) is 0 Å². The number of carbonyl (C=O) groups is 2. The van der Waals surface area contributed by atoms with Crippen LogP contribution in [0.25, 0.3) is 11.1 Å². The Morgan fingerprint density at radius 1 is 0.926 bits per heavy atom. The van der Waals surface area contributed by atoms with E-state index in [2.05, 4.69) is 5.32 Å². The second kappa shape index (κ2) is 14.2. The predicted octanol–water partition coefficient (Wildman–Crippen LogP) is 7.67. The van der Waals surface area contributed by atoms with E-state index in [0.717, 1.165) is 30.3 Å². The molecule has 2 N–H and O–H groups in total. The molecule has 4 aromatic rings. The normalized spacial score (nSPS) is 18.0. The van der Waals surface area contributed by atoms with Gasteiger partial charge in [-0.05, 0) is 85.0 Å². The number of rotatable bonds is 6. The number of aliphatic carboxylic acids is 1. The van der Waals surface area contributed by atoms with Gasteiger partial charge in [-0.15, -0.1) is 0 Å². The number of fused-ring (bicyclic) bond motifs is 6. The van der Waals surface area contributed by atoms with E-state index in [-0.39, 0.29) is 53.7 Å². The lowest BCUT2D eigenvalue weighted by atomic mass is 9.91. The zero-order valence-electron chi connectivity index (χ0n) is 28.3. The maximum absolute atomic E-state index is 15.9. The number of hydrogen-bond acceptors (Lipinski definition) is 5. The SMILES string of the molecule is Cc1cc2cc(c1F)[C@H](CC(=O)O)NC(=O)[C@@H](n1cc(CCN3CC(F)C3)c(C(F)(F)F)cc1=O)c1cc(ccc1F)Oc1cc(C(F)(F)F)cc(C)c1-2. The summed E-state index contributed by atoms with van der Waals surface area (Å²) in [6.45, 7) is 2.45. The predicted molar refractivity (Wildman–Crippen MR) is 175 cm³/mol. The molecule has 3 heterocycles. The minimum atomic E-state index is -5.06. The van der Waals surface area contributed by atoms with Gasteiger partial charge in [0.05, 0.1) is 23.6 Å². The van der Waals surface area contributed by atoms with Crippen LogP contribution in [0.4, 0.5) is 39.5 Å². The van der Waals surface area contributed by atoms with E-state index >= 15 is 8.78 Å². The Balaban J connectivity index is 1.62. The van der Waals surface area contributed by atoms with E-state index in [1.165, 1.54) is 24.8 Å². The van der Waals surface area contributed by atoms with E-state index < -0.39 is 106 Å². The van der Waals surface area contributed by atoms with Crippen LogP contribution in [0.15, 0.2) is 59.5 Å². The molecule has 0 unspecified atom stereocenters. The number of nitrogens with one attached hydrogen (secondary N) is 1. The van der Waals surface area contributed by atoms with Crippen molar-refractivity contribution in [3.05, 3.63) is 116 Å². The summed E-state index contributed by atoms with van der Waals surface area (Å²) in [5.74, 6) is -5.92. The van der Waals surface area contributed by atoms with Crippen LogP contribution in [0.3, 0.4) is 0 Å². The van der Waals surface area contributed by atoms with Gasteiger partial charge in [0.2, 0.25) is 5.91 Å². The number of benzene rings is 3. The van der Waals surface area contributed by atoms with Crippen LogP contribution in [0.1, 0.15) is 57.4 Å². The summed E-state index contributed by atoms with van der Waals surface area (Å²) in [6.07, 6.45) is -11.8. The molecule has 6 rings (SSSR count). The number of aromatic nitrogens is 1. The highest BCUT2D eigenvalue weighted by Gasteiger charge is 2.38. The number of ether oxygens (including phenoxy) is 1. The Morgan fingerprint density at radius 3 is 2.26 bits per heavy atom. The van der Waals surface area contributed by atoms with E-state index in [1.54, 1.807) is 0 Å². The van der Waals surface area contributed by atoms with Crippen molar-refractivity contribution in [3.63, 3.8) is 0 Å². The molecule has 4 bridgehead atoms. The number of nitrogens with zero attached hydrogens (tertiary/aromatic N) is 2. The average molecular weight is 768 g/mol. The maximum atomic E-state index is 15.9. The van der Waals surface area contributed by atoms with Gasteiger partial charge in [0.15, 0.2) is 0 Å². The van der Waals surface area contributed by atoms with Crippen molar-refractivity contribution in [2.45, 2.75) is 57.3 Å². The molecule has 0 aliphatic carbocycles. The van der Waals surface area contributed by atoms with Gasteiger partial charge in [0.1, 0.15) is 35.3 Å². The number of alkyl halides is 7. The van der Waals surface area contributed by atoms with Gasteiger partial charge >= 0.3 is 18.3 Å². The summed E-state index contributed by atoms with van der Waals surface area (Å²) < 4.78 is 136. The first kappa shape index (κ1) is 38.4. The van der Waals surface area contributed by atoms with E-state index in [0.29, 0.717) is 16.8 Å². The fourth-order valence-corrected chi connectivity index (χ4v) is 6.79. The van der Waals surface area contributed by atoms with Crippen LogP contribution in [-0.4, -0.2) is 52.3 Å². The minimum Gasteiger partial charge on any atom is -0.481 e. The molecule has 286 valence electrons. The molecular formula is C37H30F9N3O5. The third-order valence-corrected chi connectivity index (χ3v) is 9.36. The largest absolute Gasteiger partial charge is 0.481 e. The number of carbonyl (C=O) groups excluding carboxylic acids is 1. The van der Waals surface area contributed by atoms with Gasteiger partial charge in [0, 0.05) is 48.6 Å². The number of pyridine rings is 1. The minimum absolute atomic E-state index is 0.00483. The fraction of sp³-hybridized carbons (Fsp3) is 0.324. The standard InChI is InChI=1S/C37H30F9N3O5/c1-17-8-21(36(41,42)43)10-29-32(17)20-7-18(2)33(40)25(9-20)28(13-31(51)52)47-35(53)34(24-11-23(54-29)3-4-27(24)39)49-14-19(5-6-48-15-22(38)16-48)26(12-30(49)50)37(44,45)46/h3-4,7-12,14,22,28,34H,5-6,13,15-16H2,1-2H3,(H,47,53)(H,51,52)/t28-,34-/m0/s1. The summed E-state index contributed by atoms with van der Waals surface area (Å²) in [6, 6.07) is 2.73. The van der Waals surface area contributed by atoms with Crippen molar-refractivity contribution in [1.29, 1.82) is 0 Å². The van der Waals surface area contributed by atoms with Crippen molar-refractivity contribution in [1.82, 2.24) is 14.8 Å². The molecule has 0 saturated carbocycles. The first-order chi connectivity index (χ1) is 25.2. The summed E-state index contributed by atoms with van der Waals surface area (Å²) in [4.78, 5) is 41.4. The van der Waals surface area contributed by atoms with E-state index in [1.807, 2.05) is 0 Å². The van der Waals surface area contributed by atoms with Crippen LogP contribution in [-0.2, 0) is 28.4 Å². The number of carboxylic acids is 1. The van der Waals surface area contributed by atoms with Crippen molar-refractivity contribution in [3.8, 4) is 22.6 Å². The van der Waals surface area contributed by atoms with E-state index in [4.69, 9.17) is 4.74 Å². The first-order valence-electron chi connectivity index (χ1n) is 16.4. The molecule has 2 aliphatic rings. The summed E-state index contributed by atoms with van der Waals surface area (Å²) >= 11 is 0. The molecule has 8 nitrogen and oxygen atoms in total. The van der Waals surface area contributed by atoms with Gasteiger partial charge in [-0.2, -0.15) is 26.3 Å². The number of amides is 1. The van der Waals surface area contributed by atoms with Crippen LogP contribution in [0.5, 0.6) is 11.5 Å². The van der Waals surface area contributed by atoms with Gasteiger partial charge in [-0.3, -0.25) is 23.9 Å². The van der Waals surface area contributed by atoms with Crippen LogP contribution in [0.2, 0.25) is 0 Å². The molecule has 2 atom stereocenters. The molecule has 2 aliphatic heterocycles. The maximum Gasteiger partial charge on any atom is 0.416 e.